The molecule has 156 valence electrons. The molecule has 0 saturated carbocycles. The van der Waals surface area contributed by atoms with Gasteiger partial charge in [-0.05, 0) is 25.5 Å². The second kappa shape index (κ2) is 12.6. The molecule has 2 rings (SSSR count). The standard InChI is InChI=1S/C20H30N4O3.HI/c1-5-26-12-8-11-21-20(22-14-19(25)23(2)3)24(4)15-17-13-16-9-6-7-10-18(16)27-17;/h6-7,9-10,13H,5,8,11-12,14-15H2,1-4H3,(H,21,22);1H. The monoisotopic (exact) mass is 502 g/mol. The van der Waals surface area contributed by atoms with E-state index in [1.165, 1.54) is 4.90 Å². The summed E-state index contributed by atoms with van der Waals surface area (Å²) >= 11 is 0. The number of fused-ring (bicyclic) bond motifs is 1. The molecule has 1 N–H and O–H groups in total. The number of rotatable bonds is 9. The van der Waals surface area contributed by atoms with Crippen molar-refractivity contribution in [2.75, 3.05) is 47.4 Å². The van der Waals surface area contributed by atoms with Gasteiger partial charge in [0.25, 0.3) is 0 Å². The third kappa shape index (κ3) is 7.67. The molecule has 8 heteroatoms. The fourth-order valence-electron chi connectivity index (χ4n) is 2.54. The van der Waals surface area contributed by atoms with Crippen molar-refractivity contribution in [1.82, 2.24) is 15.1 Å². The highest BCUT2D eigenvalue weighted by Crippen LogP contribution is 2.19. The molecule has 7 nitrogen and oxygen atoms in total. The molecular weight excluding hydrogens is 471 g/mol. The van der Waals surface area contributed by atoms with Gasteiger partial charge >= 0.3 is 0 Å². The average Bonchev–Trinajstić information content (AvgIpc) is 3.05. The van der Waals surface area contributed by atoms with Crippen LogP contribution in [-0.2, 0) is 16.1 Å². The Bertz CT molecular complexity index is 728. The first kappa shape index (κ1) is 24.2. The van der Waals surface area contributed by atoms with Gasteiger partial charge in [-0.1, -0.05) is 18.2 Å². The van der Waals surface area contributed by atoms with E-state index in [0.29, 0.717) is 25.7 Å². The number of amides is 1. The minimum atomic E-state index is -0.0410. The first-order valence-corrected chi connectivity index (χ1v) is 9.26. The van der Waals surface area contributed by atoms with E-state index in [9.17, 15) is 4.79 Å². The molecule has 0 unspecified atom stereocenters. The molecule has 1 amide bonds. The number of furan rings is 1. The first-order valence-electron chi connectivity index (χ1n) is 9.26. The quantitative estimate of drug-likeness (QED) is 0.247. The van der Waals surface area contributed by atoms with E-state index in [-0.39, 0.29) is 36.4 Å². The maximum absolute atomic E-state index is 11.9. The zero-order valence-corrected chi connectivity index (χ0v) is 19.4. The number of guanidine groups is 1. The van der Waals surface area contributed by atoms with Crippen LogP contribution in [-0.4, -0.2) is 69.1 Å². The zero-order chi connectivity index (χ0) is 19.6. The summed E-state index contributed by atoms with van der Waals surface area (Å²) in [6.45, 7) is 4.77. The van der Waals surface area contributed by atoms with Crippen molar-refractivity contribution in [2.24, 2.45) is 4.99 Å². The summed E-state index contributed by atoms with van der Waals surface area (Å²) in [5, 5.41) is 4.39. The van der Waals surface area contributed by atoms with Crippen molar-refractivity contribution in [1.29, 1.82) is 0 Å². The summed E-state index contributed by atoms with van der Waals surface area (Å²) in [6, 6.07) is 9.96. The first-order chi connectivity index (χ1) is 13.0. The number of hydrogen-bond acceptors (Lipinski definition) is 4. The maximum atomic E-state index is 11.9. The molecule has 0 fully saturated rings. The largest absolute Gasteiger partial charge is 0.459 e. The van der Waals surface area contributed by atoms with Crippen molar-refractivity contribution < 1.29 is 13.9 Å². The van der Waals surface area contributed by atoms with Crippen LogP contribution in [0.1, 0.15) is 19.1 Å². The Kier molecular flexibility index (Phi) is 10.9. The zero-order valence-electron chi connectivity index (χ0n) is 17.1. The van der Waals surface area contributed by atoms with Crippen LogP contribution in [0, 0.1) is 0 Å². The van der Waals surface area contributed by atoms with Crippen LogP contribution in [0.5, 0.6) is 0 Å². The topological polar surface area (TPSA) is 70.3 Å². The average molecular weight is 502 g/mol. The smallest absolute Gasteiger partial charge is 0.243 e. The fourth-order valence-corrected chi connectivity index (χ4v) is 2.54. The van der Waals surface area contributed by atoms with Crippen LogP contribution in [0.3, 0.4) is 0 Å². The van der Waals surface area contributed by atoms with Crippen LogP contribution in [0.15, 0.2) is 39.7 Å². The predicted octanol–water partition coefficient (Wildman–Crippen LogP) is 2.94. The lowest BCUT2D eigenvalue weighted by Crippen LogP contribution is -2.40. The summed E-state index contributed by atoms with van der Waals surface area (Å²) in [5.74, 6) is 1.48. The van der Waals surface area contributed by atoms with Gasteiger partial charge in [0.05, 0.1) is 6.54 Å². The van der Waals surface area contributed by atoms with Gasteiger partial charge in [0.15, 0.2) is 5.96 Å². The van der Waals surface area contributed by atoms with Crippen molar-refractivity contribution in [3.8, 4) is 0 Å². The van der Waals surface area contributed by atoms with Gasteiger partial charge in [-0.15, -0.1) is 24.0 Å². The third-order valence-electron chi connectivity index (χ3n) is 4.05. The molecular formula is C20H31IN4O3. The Balaban J connectivity index is 0.00000392. The highest BCUT2D eigenvalue weighted by molar-refractivity contribution is 14.0. The number of likely N-dealkylation sites (N-methyl/N-ethyl adjacent to an activating group) is 1. The number of para-hydroxylation sites is 1. The van der Waals surface area contributed by atoms with Crippen molar-refractivity contribution in [2.45, 2.75) is 19.9 Å². The van der Waals surface area contributed by atoms with Gasteiger partial charge < -0.3 is 24.3 Å². The molecule has 0 saturated heterocycles. The Morgan fingerprint density at radius 2 is 2.00 bits per heavy atom. The van der Waals surface area contributed by atoms with E-state index in [4.69, 9.17) is 9.15 Å². The number of carbonyl (C=O) groups is 1. The molecule has 0 spiro atoms. The third-order valence-corrected chi connectivity index (χ3v) is 4.05. The minimum Gasteiger partial charge on any atom is -0.459 e. The molecule has 2 aromatic rings. The van der Waals surface area contributed by atoms with Gasteiger partial charge in [-0.3, -0.25) is 4.79 Å². The minimum absolute atomic E-state index is 0. The summed E-state index contributed by atoms with van der Waals surface area (Å²) in [6.07, 6.45) is 0.868. The summed E-state index contributed by atoms with van der Waals surface area (Å²) in [5.41, 5.74) is 0.867. The molecule has 0 aliphatic carbocycles. The molecule has 1 aromatic heterocycles. The number of aliphatic imine (C=N–C) groups is 1. The van der Waals surface area contributed by atoms with E-state index < -0.39 is 0 Å². The fraction of sp³-hybridized carbons (Fsp3) is 0.500. The summed E-state index contributed by atoms with van der Waals surface area (Å²) in [4.78, 5) is 19.9. The number of ether oxygens (including phenoxy) is 1. The van der Waals surface area contributed by atoms with Crippen LogP contribution in [0.25, 0.3) is 11.0 Å². The van der Waals surface area contributed by atoms with E-state index in [1.807, 2.05) is 49.2 Å². The summed E-state index contributed by atoms with van der Waals surface area (Å²) < 4.78 is 11.3. The van der Waals surface area contributed by atoms with Gasteiger partial charge in [-0.25, -0.2) is 4.99 Å². The molecule has 28 heavy (non-hydrogen) atoms. The van der Waals surface area contributed by atoms with E-state index in [2.05, 4.69) is 10.3 Å². The Morgan fingerprint density at radius 1 is 1.25 bits per heavy atom. The van der Waals surface area contributed by atoms with E-state index >= 15 is 0 Å². The van der Waals surface area contributed by atoms with Crippen molar-refractivity contribution >= 4 is 46.8 Å². The van der Waals surface area contributed by atoms with Gasteiger partial charge in [0, 0.05) is 46.3 Å². The van der Waals surface area contributed by atoms with E-state index in [1.54, 1.807) is 14.1 Å². The molecule has 1 heterocycles. The molecule has 0 aliphatic heterocycles. The highest BCUT2D eigenvalue weighted by Gasteiger charge is 2.12. The second-order valence-electron chi connectivity index (χ2n) is 6.51. The van der Waals surface area contributed by atoms with Crippen LogP contribution in [0.2, 0.25) is 0 Å². The Labute approximate surface area is 184 Å². The highest BCUT2D eigenvalue weighted by atomic mass is 127. The van der Waals surface area contributed by atoms with Gasteiger partial charge in [0.1, 0.15) is 17.9 Å². The lowest BCUT2D eigenvalue weighted by atomic mass is 10.2. The van der Waals surface area contributed by atoms with Crippen molar-refractivity contribution in [3.05, 3.63) is 36.1 Å². The number of nitrogens with zero attached hydrogens (tertiary/aromatic N) is 3. The maximum Gasteiger partial charge on any atom is 0.243 e. The van der Waals surface area contributed by atoms with Crippen LogP contribution < -0.4 is 5.32 Å². The van der Waals surface area contributed by atoms with Gasteiger partial charge in [0.2, 0.25) is 5.91 Å². The Hall–Kier alpha value is -1.81. The predicted molar refractivity (Wildman–Crippen MR) is 123 cm³/mol. The lowest BCUT2D eigenvalue weighted by Gasteiger charge is -2.22. The number of carbonyl (C=O) groups excluding carboxylic acids is 1. The molecule has 1 aromatic carbocycles. The number of nitrogens with one attached hydrogen (secondary N) is 1. The SMILES string of the molecule is CCOCCCNC(=NCC(=O)N(C)C)N(C)Cc1cc2ccccc2o1.I. The number of halogens is 1. The molecule has 0 bridgehead atoms. The lowest BCUT2D eigenvalue weighted by molar-refractivity contribution is -0.127. The van der Waals surface area contributed by atoms with E-state index in [0.717, 1.165) is 29.7 Å². The second-order valence-corrected chi connectivity index (χ2v) is 6.51. The summed E-state index contributed by atoms with van der Waals surface area (Å²) in [7, 11) is 5.39. The van der Waals surface area contributed by atoms with Crippen LogP contribution in [0.4, 0.5) is 0 Å². The van der Waals surface area contributed by atoms with Gasteiger partial charge in [-0.2, -0.15) is 0 Å². The number of hydrogen-bond donors (Lipinski definition) is 1. The van der Waals surface area contributed by atoms with Crippen molar-refractivity contribution in [3.63, 3.8) is 0 Å². The normalized spacial score (nSPS) is 11.2. The molecule has 0 aliphatic rings. The molecule has 0 atom stereocenters. The Morgan fingerprint density at radius 3 is 2.68 bits per heavy atom. The molecule has 0 radical (unpaired) electrons. The number of benzene rings is 1. The van der Waals surface area contributed by atoms with Crippen LogP contribution >= 0.6 is 24.0 Å².